The van der Waals surface area contributed by atoms with Gasteiger partial charge in [0.05, 0.1) is 41.3 Å². The van der Waals surface area contributed by atoms with Crippen molar-refractivity contribution in [1.29, 1.82) is 0 Å². The predicted octanol–water partition coefficient (Wildman–Crippen LogP) is 1.76. The number of aromatic nitrogens is 2. The Hall–Kier alpha value is -2.38. The quantitative estimate of drug-likeness (QED) is 0.912. The largest absolute Gasteiger partial charge is 0.479 e. The van der Waals surface area contributed by atoms with Crippen LogP contribution in [0.4, 0.5) is 0 Å². The molecular weight excluding hydrogens is 334 g/mol. The van der Waals surface area contributed by atoms with Crippen molar-refractivity contribution in [1.82, 2.24) is 14.7 Å². The number of carbonyl (C=O) groups is 2. The highest BCUT2D eigenvalue weighted by Gasteiger charge is 2.31. The van der Waals surface area contributed by atoms with E-state index in [0.717, 1.165) is 0 Å². The van der Waals surface area contributed by atoms with Crippen LogP contribution in [0.1, 0.15) is 16.1 Å². The molecule has 0 saturated carbocycles. The number of ether oxygens (including phenoxy) is 1. The summed E-state index contributed by atoms with van der Waals surface area (Å²) in [4.78, 5) is 25.2. The number of para-hydroxylation sites is 1. The van der Waals surface area contributed by atoms with Crippen molar-refractivity contribution < 1.29 is 19.4 Å². The fraction of sp³-hybridized carbons (Fsp3) is 0.312. The van der Waals surface area contributed by atoms with Gasteiger partial charge in [0.2, 0.25) is 0 Å². The van der Waals surface area contributed by atoms with E-state index >= 15 is 0 Å². The van der Waals surface area contributed by atoms with E-state index in [0.29, 0.717) is 28.5 Å². The van der Waals surface area contributed by atoms with Crippen molar-refractivity contribution in [3.63, 3.8) is 0 Å². The van der Waals surface area contributed by atoms with Gasteiger partial charge in [-0.05, 0) is 19.1 Å². The van der Waals surface area contributed by atoms with Crippen LogP contribution in [0.3, 0.4) is 0 Å². The Balaban J connectivity index is 1.87. The van der Waals surface area contributed by atoms with Crippen LogP contribution in [0, 0.1) is 6.92 Å². The lowest BCUT2D eigenvalue weighted by Gasteiger charge is -2.30. The first-order valence-electron chi connectivity index (χ1n) is 7.42. The number of nitrogens with zero attached hydrogens (tertiary/aromatic N) is 3. The Kier molecular flexibility index (Phi) is 4.55. The first kappa shape index (κ1) is 16.5. The second kappa shape index (κ2) is 6.62. The molecule has 1 amide bonds. The molecular formula is C16H16ClN3O4. The van der Waals surface area contributed by atoms with Gasteiger partial charge in [0.15, 0.2) is 6.10 Å². The number of hydrogen-bond donors (Lipinski definition) is 1. The van der Waals surface area contributed by atoms with E-state index in [1.54, 1.807) is 17.7 Å². The first-order valence-corrected chi connectivity index (χ1v) is 7.80. The second-order valence-corrected chi connectivity index (χ2v) is 5.86. The summed E-state index contributed by atoms with van der Waals surface area (Å²) in [6.07, 6.45) is 0.480. The van der Waals surface area contributed by atoms with Gasteiger partial charge in [-0.15, -0.1) is 0 Å². The van der Waals surface area contributed by atoms with Crippen molar-refractivity contribution in [2.45, 2.75) is 13.0 Å². The van der Waals surface area contributed by atoms with Gasteiger partial charge in [-0.2, -0.15) is 5.10 Å². The normalized spacial score (nSPS) is 17.8. The molecule has 7 nitrogen and oxygen atoms in total. The molecule has 24 heavy (non-hydrogen) atoms. The molecule has 0 aliphatic carbocycles. The lowest BCUT2D eigenvalue weighted by molar-refractivity contribution is -0.154. The molecule has 0 radical (unpaired) electrons. The average molecular weight is 350 g/mol. The fourth-order valence-electron chi connectivity index (χ4n) is 2.64. The van der Waals surface area contributed by atoms with Crippen molar-refractivity contribution in [3.8, 4) is 5.69 Å². The smallest absolute Gasteiger partial charge is 0.334 e. The van der Waals surface area contributed by atoms with Crippen LogP contribution in [0.2, 0.25) is 5.02 Å². The maximum atomic E-state index is 12.7. The van der Waals surface area contributed by atoms with Gasteiger partial charge >= 0.3 is 5.97 Å². The minimum atomic E-state index is -1.07. The highest BCUT2D eigenvalue weighted by Crippen LogP contribution is 2.23. The highest BCUT2D eigenvalue weighted by molar-refractivity contribution is 6.32. The minimum Gasteiger partial charge on any atom is -0.479 e. The zero-order chi connectivity index (χ0) is 17.3. The van der Waals surface area contributed by atoms with Gasteiger partial charge in [-0.3, -0.25) is 4.79 Å². The second-order valence-electron chi connectivity index (χ2n) is 5.46. The summed E-state index contributed by atoms with van der Waals surface area (Å²) >= 11 is 6.18. The molecule has 1 fully saturated rings. The van der Waals surface area contributed by atoms with Crippen LogP contribution in [-0.4, -0.2) is 57.5 Å². The number of aliphatic carboxylic acids is 1. The zero-order valence-electron chi connectivity index (χ0n) is 13.0. The third-order valence-electron chi connectivity index (χ3n) is 3.95. The molecule has 1 N–H and O–H groups in total. The van der Waals surface area contributed by atoms with Crippen molar-refractivity contribution >= 4 is 23.5 Å². The van der Waals surface area contributed by atoms with E-state index in [4.69, 9.17) is 21.4 Å². The Bertz CT molecular complexity index is 789. The van der Waals surface area contributed by atoms with Crippen LogP contribution in [-0.2, 0) is 9.53 Å². The Morgan fingerprint density at radius 1 is 1.38 bits per heavy atom. The van der Waals surface area contributed by atoms with E-state index in [1.807, 2.05) is 18.2 Å². The Morgan fingerprint density at radius 3 is 2.83 bits per heavy atom. The number of rotatable bonds is 3. The van der Waals surface area contributed by atoms with Gasteiger partial charge in [-0.1, -0.05) is 23.7 Å². The molecule has 3 rings (SSSR count). The van der Waals surface area contributed by atoms with Gasteiger partial charge in [-0.25, -0.2) is 9.48 Å². The van der Waals surface area contributed by atoms with E-state index in [-0.39, 0.29) is 19.1 Å². The average Bonchev–Trinajstić information content (AvgIpc) is 2.96. The number of amides is 1. The summed E-state index contributed by atoms with van der Waals surface area (Å²) in [5.41, 5.74) is 1.74. The summed E-state index contributed by atoms with van der Waals surface area (Å²) in [5, 5.41) is 13.8. The molecule has 126 valence electrons. The molecule has 1 aromatic heterocycles. The molecule has 2 aromatic rings. The third kappa shape index (κ3) is 3.00. The summed E-state index contributed by atoms with van der Waals surface area (Å²) in [6.45, 7) is 2.34. The number of morpholine rings is 1. The number of hydrogen-bond acceptors (Lipinski definition) is 4. The monoisotopic (exact) mass is 349 g/mol. The van der Waals surface area contributed by atoms with Crippen LogP contribution >= 0.6 is 11.6 Å². The fourth-order valence-corrected chi connectivity index (χ4v) is 2.86. The summed E-state index contributed by atoms with van der Waals surface area (Å²) in [7, 11) is 0. The van der Waals surface area contributed by atoms with E-state index in [1.165, 1.54) is 11.1 Å². The Morgan fingerprint density at radius 2 is 2.12 bits per heavy atom. The van der Waals surface area contributed by atoms with Gasteiger partial charge in [0.1, 0.15) is 0 Å². The number of carboxylic acid groups (broad SMARTS) is 1. The maximum absolute atomic E-state index is 12.7. The van der Waals surface area contributed by atoms with E-state index in [2.05, 4.69) is 5.10 Å². The Labute approximate surface area is 143 Å². The van der Waals surface area contributed by atoms with Crippen molar-refractivity contribution in [2.24, 2.45) is 0 Å². The lowest BCUT2D eigenvalue weighted by atomic mass is 10.2. The number of benzene rings is 1. The standard InChI is InChI=1S/C16H16ClN3O4/c1-10-11(8-18-20(10)13-5-3-2-4-12(13)17)15(21)19-6-7-24-14(9-19)16(22)23/h2-5,8,14H,6-7,9H2,1H3,(H,22,23). The lowest BCUT2D eigenvalue weighted by Crippen LogP contribution is -2.48. The highest BCUT2D eigenvalue weighted by atomic mass is 35.5. The van der Waals surface area contributed by atoms with Gasteiger partial charge in [0, 0.05) is 6.54 Å². The molecule has 1 aromatic carbocycles. The summed E-state index contributed by atoms with van der Waals surface area (Å²) < 4.78 is 6.75. The predicted molar refractivity (Wildman–Crippen MR) is 86.6 cm³/mol. The number of carbonyl (C=O) groups excluding carboxylic acids is 1. The van der Waals surface area contributed by atoms with Crippen LogP contribution in [0.25, 0.3) is 5.69 Å². The number of halogens is 1. The molecule has 1 aliphatic heterocycles. The zero-order valence-corrected chi connectivity index (χ0v) is 13.7. The molecule has 1 atom stereocenters. The first-order chi connectivity index (χ1) is 11.5. The number of carboxylic acids is 1. The minimum absolute atomic E-state index is 0.0187. The SMILES string of the molecule is Cc1c(C(=O)N2CCOC(C(=O)O)C2)cnn1-c1ccccc1Cl. The van der Waals surface area contributed by atoms with Gasteiger partial charge < -0.3 is 14.7 Å². The maximum Gasteiger partial charge on any atom is 0.334 e. The van der Waals surface area contributed by atoms with Gasteiger partial charge in [0.25, 0.3) is 5.91 Å². The molecule has 1 aliphatic rings. The molecule has 0 bridgehead atoms. The third-order valence-corrected chi connectivity index (χ3v) is 4.27. The molecule has 2 heterocycles. The molecule has 1 unspecified atom stereocenters. The van der Waals surface area contributed by atoms with Crippen LogP contribution in [0.5, 0.6) is 0 Å². The van der Waals surface area contributed by atoms with E-state index in [9.17, 15) is 9.59 Å². The van der Waals surface area contributed by atoms with Crippen LogP contribution < -0.4 is 0 Å². The topological polar surface area (TPSA) is 84.7 Å². The summed E-state index contributed by atoms with van der Waals surface area (Å²) in [5.74, 6) is -1.34. The molecule has 8 heteroatoms. The molecule has 1 saturated heterocycles. The van der Waals surface area contributed by atoms with Crippen LogP contribution in [0.15, 0.2) is 30.5 Å². The van der Waals surface area contributed by atoms with Crippen molar-refractivity contribution in [2.75, 3.05) is 19.7 Å². The van der Waals surface area contributed by atoms with Crippen molar-refractivity contribution in [3.05, 3.63) is 46.7 Å². The van der Waals surface area contributed by atoms with E-state index < -0.39 is 12.1 Å². The summed E-state index contributed by atoms with van der Waals surface area (Å²) in [6, 6.07) is 7.21. The molecule has 0 spiro atoms.